The van der Waals surface area contributed by atoms with Gasteiger partial charge in [0.1, 0.15) is 11.6 Å². The predicted octanol–water partition coefficient (Wildman–Crippen LogP) is -0.171. The second kappa shape index (κ2) is 4.84. The maximum atomic E-state index is 8.84. The van der Waals surface area contributed by atoms with Crippen molar-refractivity contribution in [1.82, 2.24) is 9.97 Å². The second-order valence-corrected chi connectivity index (χ2v) is 3.65. The number of nitriles is 1. The number of nitrogens with zero attached hydrogens (tertiary/aromatic N) is 4. The molecule has 17 heavy (non-hydrogen) atoms. The molecule has 0 aromatic carbocycles. The van der Waals surface area contributed by atoms with Gasteiger partial charge in [-0.15, -0.1) is 0 Å². The molecule has 0 bridgehead atoms. The lowest BCUT2D eigenvalue weighted by molar-refractivity contribution is 0.0761. The summed E-state index contributed by atoms with van der Waals surface area (Å²) in [7, 11) is 1.77. The predicted molar refractivity (Wildman–Crippen MR) is 63.6 cm³/mol. The summed E-state index contributed by atoms with van der Waals surface area (Å²) in [5.74, 6) is 1.59. The van der Waals surface area contributed by atoms with E-state index in [2.05, 4.69) is 21.4 Å². The third-order valence-corrected chi connectivity index (χ3v) is 2.52. The number of aromatic nitrogens is 2. The fraction of sp³-hybridized carbons (Fsp3) is 0.500. The Balaban J connectivity index is 2.21. The van der Waals surface area contributed by atoms with Gasteiger partial charge in [0.05, 0.1) is 19.2 Å². The smallest absolute Gasteiger partial charge is 0.223 e. The summed E-state index contributed by atoms with van der Waals surface area (Å²) in [6.07, 6.45) is -0.419. The van der Waals surface area contributed by atoms with Gasteiger partial charge >= 0.3 is 0 Å². The number of nitrogens with two attached hydrogens (primary N) is 1. The molecule has 7 nitrogen and oxygen atoms in total. The van der Waals surface area contributed by atoms with Crippen molar-refractivity contribution in [2.24, 2.45) is 0 Å². The van der Waals surface area contributed by atoms with Gasteiger partial charge in [0.25, 0.3) is 0 Å². The zero-order valence-electron chi connectivity index (χ0n) is 9.55. The van der Waals surface area contributed by atoms with Crippen molar-refractivity contribution >= 4 is 17.6 Å². The van der Waals surface area contributed by atoms with Crippen molar-refractivity contribution < 1.29 is 4.74 Å². The van der Waals surface area contributed by atoms with Crippen LogP contribution in [0.5, 0.6) is 0 Å². The highest BCUT2D eigenvalue weighted by molar-refractivity contribution is 5.52. The van der Waals surface area contributed by atoms with Crippen LogP contribution in [-0.2, 0) is 4.74 Å². The Morgan fingerprint density at radius 3 is 3.18 bits per heavy atom. The molecule has 1 aromatic heterocycles. The molecule has 2 rings (SSSR count). The number of nitrogens with one attached hydrogen (secondary N) is 1. The van der Waals surface area contributed by atoms with E-state index in [1.165, 1.54) is 0 Å². The summed E-state index contributed by atoms with van der Waals surface area (Å²) >= 11 is 0. The van der Waals surface area contributed by atoms with E-state index in [1.54, 1.807) is 13.1 Å². The Hall–Kier alpha value is -2.07. The Bertz CT molecular complexity index is 443. The van der Waals surface area contributed by atoms with E-state index in [4.69, 9.17) is 15.7 Å². The van der Waals surface area contributed by atoms with Crippen LogP contribution in [0.15, 0.2) is 6.07 Å². The molecule has 1 aromatic rings. The van der Waals surface area contributed by atoms with Gasteiger partial charge < -0.3 is 20.7 Å². The summed E-state index contributed by atoms with van der Waals surface area (Å²) < 4.78 is 5.27. The molecule has 2 heterocycles. The van der Waals surface area contributed by atoms with Crippen LogP contribution in [0.2, 0.25) is 0 Å². The quantitative estimate of drug-likeness (QED) is 0.732. The van der Waals surface area contributed by atoms with Crippen LogP contribution < -0.4 is 16.0 Å². The van der Waals surface area contributed by atoms with Crippen LogP contribution in [0.25, 0.3) is 0 Å². The lowest BCUT2D eigenvalue weighted by Crippen LogP contribution is -2.42. The molecular weight excluding hydrogens is 220 g/mol. The van der Waals surface area contributed by atoms with Crippen LogP contribution in [0.1, 0.15) is 0 Å². The lowest BCUT2D eigenvalue weighted by Gasteiger charge is -2.30. The Morgan fingerprint density at radius 2 is 2.47 bits per heavy atom. The van der Waals surface area contributed by atoms with Crippen LogP contribution in [0.4, 0.5) is 17.6 Å². The van der Waals surface area contributed by atoms with E-state index in [-0.39, 0.29) is 5.95 Å². The summed E-state index contributed by atoms with van der Waals surface area (Å²) in [5.41, 5.74) is 5.62. The standard InChI is InChI=1S/C10H14N6O/c1-13-8-4-9(15-10(12)14-8)16-2-3-17-7(5-11)6-16/h4,7H,2-3,6H2,1H3,(H3,12,13,14,15). The molecule has 3 N–H and O–H groups in total. The molecular formula is C10H14N6O. The van der Waals surface area contributed by atoms with Gasteiger partial charge in [-0.1, -0.05) is 0 Å². The van der Waals surface area contributed by atoms with Crippen LogP contribution in [0, 0.1) is 11.3 Å². The van der Waals surface area contributed by atoms with Crippen LogP contribution in [-0.4, -0.2) is 42.8 Å². The van der Waals surface area contributed by atoms with Gasteiger partial charge in [0.15, 0.2) is 6.10 Å². The molecule has 1 aliphatic rings. The first-order chi connectivity index (χ1) is 8.22. The van der Waals surface area contributed by atoms with Crippen molar-refractivity contribution in [3.63, 3.8) is 0 Å². The highest BCUT2D eigenvalue weighted by Gasteiger charge is 2.21. The third kappa shape index (κ3) is 2.54. The van der Waals surface area contributed by atoms with Gasteiger partial charge in [-0.25, -0.2) is 0 Å². The van der Waals surface area contributed by atoms with E-state index in [0.29, 0.717) is 31.3 Å². The third-order valence-electron chi connectivity index (χ3n) is 2.52. The fourth-order valence-electron chi connectivity index (χ4n) is 1.68. The summed E-state index contributed by atoms with van der Waals surface area (Å²) in [4.78, 5) is 10.1. The number of nitrogen functional groups attached to an aromatic ring is 1. The monoisotopic (exact) mass is 234 g/mol. The zero-order chi connectivity index (χ0) is 12.3. The van der Waals surface area contributed by atoms with Crippen LogP contribution >= 0.6 is 0 Å². The molecule has 0 amide bonds. The molecule has 0 radical (unpaired) electrons. The molecule has 0 saturated carbocycles. The number of rotatable bonds is 2. The van der Waals surface area contributed by atoms with E-state index in [9.17, 15) is 0 Å². The number of anilines is 3. The highest BCUT2D eigenvalue weighted by atomic mass is 16.5. The average Bonchev–Trinajstić information content (AvgIpc) is 2.38. The van der Waals surface area contributed by atoms with Crippen molar-refractivity contribution in [3.05, 3.63) is 6.07 Å². The first-order valence-corrected chi connectivity index (χ1v) is 5.31. The van der Waals surface area contributed by atoms with Gasteiger partial charge in [-0.05, 0) is 0 Å². The van der Waals surface area contributed by atoms with E-state index >= 15 is 0 Å². The van der Waals surface area contributed by atoms with Gasteiger partial charge in [-0.3, -0.25) is 0 Å². The van der Waals surface area contributed by atoms with Gasteiger partial charge in [-0.2, -0.15) is 15.2 Å². The van der Waals surface area contributed by atoms with Crippen molar-refractivity contribution in [2.45, 2.75) is 6.10 Å². The summed E-state index contributed by atoms with van der Waals surface area (Å²) in [5, 5.41) is 11.8. The molecule has 1 saturated heterocycles. The first-order valence-electron chi connectivity index (χ1n) is 5.31. The van der Waals surface area contributed by atoms with E-state index < -0.39 is 6.10 Å². The number of hydrogen-bond acceptors (Lipinski definition) is 7. The van der Waals surface area contributed by atoms with E-state index in [0.717, 1.165) is 0 Å². The number of morpholine rings is 1. The second-order valence-electron chi connectivity index (χ2n) is 3.65. The topological polar surface area (TPSA) is 100 Å². The minimum atomic E-state index is -0.419. The van der Waals surface area contributed by atoms with Gasteiger partial charge in [0, 0.05) is 19.7 Å². The summed E-state index contributed by atoms with van der Waals surface area (Å²) in [6.45, 7) is 1.70. The first kappa shape index (κ1) is 11.4. The number of hydrogen-bond donors (Lipinski definition) is 2. The average molecular weight is 234 g/mol. The SMILES string of the molecule is CNc1cc(N2CCOC(C#N)C2)nc(N)n1. The molecule has 1 fully saturated rings. The van der Waals surface area contributed by atoms with Gasteiger partial charge in [0.2, 0.25) is 5.95 Å². The molecule has 90 valence electrons. The van der Waals surface area contributed by atoms with Crippen molar-refractivity contribution in [1.29, 1.82) is 5.26 Å². The maximum Gasteiger partial charge on any atom is 0.223 e. The molecule has 0 aliphatic carbocycles. The lowest BCUT2D eigenvalue weighted by atomic mass is 10.3. The minimum Gasteiger partial charge on any atom is -0.373 e. The van der Waals surface area contributed by atoms with Crippen LogP contribution in [0.3, 0.4) is 0 Å². The van der Waals surface area contributed by atoms with Crippen molar-refractivity contribution in [2.75, 3.05) is 42.7 Å². The highest BCUT2D eigenvalue weighted by Crippen LogP contribution is 2.19. The summed E-state index contributed by atoms with van der Waals surface area (Å²) in [6, 6.07) is 3.89. The number of ether oxygens (including phenoxy) is 1. The minimum absolute atomic E-state index is 0.215. The Kier molecular flexibility index (Phi) is 3.25. The van der Waals surface area contributed by atoms with Crippen molar-refractivity contribution in [3.8, 4) is 6.07 Å². The maximum absolute atomic E-state index is 8.84. The Labute approximate surface area is 99.2 Å². The Morgan fingerprint density at radius 1 is 1.65 bits per heavy atom. The normalized spacial score (nSPS) is 19.8. The largest absolute Gasteiger partial charge is 0.373 e. The molecule has 1 unspecified atom stereocenters. The molecule has 1 atom stereocenters. The van der Waals surface area contributed by atoms with E-state index in [1.807, 2.05) is 4.90 Å². The molecule has 0 spiro atoms. The zero-order valence-corrected chi connectivity index (χ0v) is 9.55. The molecule has 7 heteroatoms. The molecule has 1 aliphatic heterocycles. The fourth-order valence-corrected chi connectivity index (χ4v) is 1.68.